The molecule has 1 amide bonds. The van der Waals surface area contributed by atoms with E-state index in [0.717, 1.165) is 17.2 Å². The van der Waals surface area contributed by atoms with Crippen molar-refractivity contribution < 1.29 is 18.7 Å². The van der Waals surface area contributed by atoms with Gasteiger partial charge in [0.15, 0.2) is 0 Å². The van der Waals surface area contributed by atoms with Crippen LogP contribution in [0.1, 0.15) is 31.8 Å². The molecule has 2 aromatic carbocycles. The zero-order valence-electron chi connectivity index (χ0n) is 12.6. The molecular formula is C17H16FNO3. The number of esters is 1. The van der Waals surface area contributed by atoms with Crippen LogP contribution in [0.15, 0.2) is 36.4 Å². The summed E-state index contributed by atoms with van der Waals surface area (Å²) >= 11 is 0. The van der Waals surface area contributed by atoms with Crippen LogP contribution in [0.4, 0.5) is 10.1 Å². The minimum Gasteiger partial charge on any atom is -0.465 e. The third-order valence-electron chi connectivity index (χ3n) is 3.26. The van der Waals surface area contributed by atoms with Gasteiger partial charge in [0, 0.05) is 5.56 Å². The number of rotatable bonds is 3. The zero-order valence-corrected chi connectivity index (χ0v) is 12.6. The molecule has 0 unspecified atom stereocenters. The molecule has 0 spiro atoms. The molecule has 22 heavy (non-hydrogen) atoms. The lowest BCUT2D eigenvalue weighted by Crippen LogP contribution is -2.15. The maximum atomic E-state index is 13.8. The Bertz CT molecular complexity index is 741. The maximum Gasteiger partial charge on any atom is 0.337 e. The predicted octanol–water partition coefficient (Wildman–Crippen LogP) is 3.48. The van der Waals surface area contributed by atoms with Gasteiger partial charge >= 0.3 is 5.97 Å². The first-order valence-electron chi connectivity index (χ1n) is 6.69. The van der Waals surface area contributed by atoms with Crippen molar-refractivity contribution in [2.24, 2.45) is 0 Å². The first-order valence-corrected chi connectivity index (χ1v) is 6.69. The van der Waals surface area contributed by atoms with Crippen LogP contribution in [-0.4, -0.2) is 19.0 Å². The highest BCUT2D eigenvalue weighted by molar-refractivity contribution is 6.05. The molecule has 0 radical (unpaired) electrons. The SMILES string of the molecule is COC(=O)c1ccc(F)c(NC(=O)c2ccc(C)cc2C)c1. The molecule has 0 aliphatic carbocycles. The number of hydrogen-bond donors (Lipinski definition) is 1. The molecular weight excluding hydrogens is 285 g/mol. The topological polar surface area (TPSA) is 55.4 Å². The van der Waals surface area contributed by atoms with Crippen molar-refractivity contribution in [3.05, 3.63) is 64.5 Å². The van der Waals surface area contributed by atoms with Gasteiger partial charge in [-0.05, 0) is 43.7 Å². The number of carbonyl (C=O) groups is 2. The second-order valence-corrected chi connectivity index (χ2v) is 4.96. The van der Waals surface area contributed by atoms with Gasteiger partial charge in [-0.25, -0.2) is 9.18 Å². The first kappa shape index (κ1) is 15.7. The van der Waals surface area contributed by atoms with Crippen molar-refractivity contribution in [2.75, 3.05) is 12.4 Å². The van der Waals surface area contributed by atoms with E-state index in [2.05, 4.69) is 10.1 Å². The summed E-state index contributed by atoms with van der Waals surface area (Å²) in [5.41, 5.74) is 2.39. The molecule has 4 nitrogen and oxygen atoms in total. The highest BCUT2D eigenvalue weighted by Crippen LogP contribution is 2.19. The molecule has 0 aliphatic rings. The predicted molar refractivity (Wildman–Crippen MR) is 81.6 cm³/mol. The van der Waals surface area contributed by atoms with Gasteiger partial charge in [-0.2, -0.15) is 0 Å². The standard InChI is InChI=1S/C17H16FNO3/c1-10-4-6-13(11(2)8-10)16(20)19-15-9-12(17(21)22-3)5-7-14(15)18/h4-9H,1-3H3,(H,19,20). The lowest BCUT2D eigenvalue weighted by atomic mass is 10.0. The van der Waals surface area contributed by atoms with Crippen molar-refractivity contribution >= 4 is 17.6 Å². The number of ether oxygens (including phenoxy) is 1. The Kier molecular flexibility index (Phi) is 4.56. The monoisotopic (exact) mass is 301 g/mol. The highest BCUT2D eigenvalue weighted by atomic mass is 19.1. The number of carbonyl (C=O) groups excluding carboxylic acids is 2. The Labute approximate surface area is 127 Å². The van der Waals surface area contributed by atoms with E-state index >= 15 is 0 Å². The molecule has 0 aromatic heterocycles. The van der Waals surface area contributed by atoms with Crippen molar-refractivity contribution in [1.29, 1.82) is 0 Å². The maximum absolute atomic E-state index is 13.8. The highest BCUT2D eigenvalue weighted by Gasteiger charge is 2.14. The summed E-state index contributed by atoms with van der Waals surface area (Å²) in [6.07, 6.45) is 0. The van der Waals surface area contributed by atoms with E-state index in [1.165, 1.54) is 19.2 Å². The Morgan fingerprint density at radius 2 is 1.82 bits per heavy atom. The third-order valence-corrected chi connectivity index (χ3v) is 3.26. The van der Waals surface area contributed by atoms with Crippen molar-refractivity contribution in [2.45, 2.75) is 13.8 Å². The van der Waals surface area contributed by atoms with E-state index in [4.69, 9.17) is 0 Å². The van der Waals surface area contributed by atoms with Gasteiger partial charge in [-0.15, -0.1) is 0 Å². The largest absolute Gasteiger partial charge is 0.465 e. The van der Waals surface area contributed by atoms with Crippen molar-refractivity contribution in [3.8, 4) is 0 Å². The van der Waals surface area contributed by atoms with Crippen LogP contribution in [0.5, 0.6) is 0 Å². The molecule has 2 aromatic rings. The Morgan fingerprint density at radius 1 is 1.09 bits per heavy atom. The summed E-state index contributed by atoms with van der Waals surface area (Å²) < 4.78 is 18.4. The number of nitrogens with one attached hydrogen (secondary N) is 1. The quantitative estimate of drug-likeness (QED) is 0.883. The molecule has 0 heterocycles. The van der Waals surface area contributed by atoms with Crippen LogP contribution in [0.3, 0.4) is 0 Å². The smallest absolute Gasteiger partial charge is 0.337 e. The molecule has 114 valence electrons. The van der Waals surface area contributed by atoms with Gasteiger partial charge in [-0.1, -0.05) is 17.7 Å². The average Bonchev–Trinajstić information content (AvgIpc) is 2.48. The van der Waals surface area contributed by atoms with Gasteiger partial charge in [0.05, 0.1) is 18.4 Å². The van der Waals surface area contributed by atoms with E-state index in [-0.39, 0.29) is 11.3 Å². The third kappa shape index (κ3) is 3.31. The fraction of sp³-hybridized carbons (Fsp3) is 0.176. The van der Waals surface area contributed by atoms with Crippen molar-refractivity contribution in [1.82, 2.24) is 0 Å². The van der Waals surface area contributed by atoms with E-state index in [1.54, 1.807) is 6.07 Å². The minimum absolute atomic E-state index is 0.0622. The molecule has 0 atom stereocenters. The number of methoxy groups -OCH3 is 1. The second kappa shape index (κ2) is 6.39. The molecule has 1 N–H and O–H groups in total. The fourth-order valence-corrected chi connectivity index (χ4v) is 2.12. The van der Waals surface area contributed by atoms with Crippen LogP contribution in [-0.2, 0) is 4.74 Å². The number of amides is 1. The summed E-state index contributed by atoms with van der Waals surface area (Å²) in [6.45, 7) is 3.73. The minimum atomic E-state index is -0.620. The Hall–Kier alpha value is -2.69. The zero-order chi connectivity index (χ0) is 16.3. The summed E-state index contributed by atoms with van der Waals surface area (Å²) in [5.74, 6) is -1.65. The molecule has 0 fully saturated rings. The van der Waals surface area contributed by atoms with Gasteiger partial charge in [0.2, 0.25) is 0 Å². The number of benzene rings is 2. The number of hydrogen-bond acceptors (Lipinski definition) is 3. The van der Waals surface area contributed by atoms with Crippen LogP contribution in [0.2, 0.25) is 0 Å². The van der Waals surface area contributed by atoms with Crippen LogP contribution < -0.4 is 5.32 Å². The Balaban J connectivity index is 2.29. The van der Waals surface area contributed by atoms with E-state index in [9.17, 15) is 14.0 Å². The molecule has 2 rings (SSSR count). The fourth-order valence-electron chi connectivity index (χ4n) is 2.12. The van der Waals surface area contributed by atoms with Gasteiger partial charge in [0.25, 0.3) is 5.91 Å². The first-order chi connectivity index (χ1) is 10.4. The molecule has 0 aliphatic heterocycles. The lowest BCUT2D eigenvalue weighted by molar-refractivity contribution is 0.0600. The average molecular weight is 301 g/mol. The molecule has 0 bridgehead atoms. The number of anilines is 1. The normalized spacial score (nSPS) is 10.2. The van der Waals surface area contributed by atoms with Crippen LogP contribution in [0, 0.1) is 19.7 Å². The lowest BCUT2D eigenvalue weighted by Gasteiger charge is -2.10. The van der Waals surface area contributed by atoms with E-state index in [0.29, 0.717) is 5.56 Å². The number of halogens is 1. The summed E-state index contributed by atoms with van der Waals surface area (Å²) in [5, 5.41) is 2.48. The molecule has 0 saturated heterocycles. The summed E-state index contributed by atoms with van der Waals surface area (Å²) in [6, 6.07) is 9.03. The van der Waals surface area contributed by atoms with Gasteiger partial charge < -0.3 is 10.1 Å². The summed E-state index contributed by atoms with van der Waals surface area (Å²) in [4.78, 5) is 23.7. The number of aryl methyl sites for hydroxylation is 2. The Morgan fingerprint density at radius 3 is 2.45 bits per heavy atom. The van der Waals surface area contributed by atoms with Crippen molar-refractivity contribution in [3.63, 3.8) is 0 Å². The van der Waals surface area contributed by atoms with Gasteiger partial charge in [-0.3, -0.25) is 4.79 Å². The van der Waals surface area contributed by atoms with Gasteiger partial charge in [0.1, 0.15) is 5.82 Å². The van der Waals surface area contributed by atoms with E-state index in [1.807, 2.05) is 26.0 Å². The van der Waals surface area contributed by atoms with Crippen LogP contribution in [0.25, 0.3) is 0 Å². The molecule has 0 saturated carbocycles. The van der Waals surface area contributed by atoms with E-state index < -0.39 is 17.7 Å². The molecule has 5 heteroatoms. The van der Waals surface area contributed by atoms with Crippen LogP contribution >= 0.6 is 0 Å². The summed E-state index contributed by atoms with van der Waals surface area (Å²) in [7, 11) is 1.24. The second-order valence-electron chi connectivity index (χ2n) is 4.96.